The highest BCUT2D eigenvalue weighted by atomic mass is 16.5. The number of anilines is 1. The summed E-state index contributed by atoms with van der Waals surface area (Å²) in [5.41, 5.74) is 2.42. The van der Waals surface area contributed by atoms with Crippen LogP contribution in [0, 0.1) is 17.2 Å². The molecule has 4 heterocycles. The van der Waals surface area contributed by atoms with Crippen molar-refractivity contribution in [3.63, 3.8) is 0 Å². The molecule has 4 rings (SSSR count). The SMILES string of the molecule is CCn1cc([C@@H]2OCCC[C@H]2CNc2nc3ccccn3c2C#N)cn1. The van der Waals surface area contributed by atoms with Crippen molar-refractivity contribution in [3.8, 4) is 6.07 Å². The molecule has 0 bridgehead atoms. The maximum Gasteiger partial charge on any atom is 0.168 e. The summed E-state index contributed by atoms with van der Waals surface area (Å²) in [5, 5.41) is 17.3. The van der Waals surface area contributed by atoms with Gasteiger partial charge in [-0.3, -0.25) is 9.08 Å². The van der Waals surface area contributed by atoms with Crippen molar-refractivity contribution in [2.24, 2.45) is 5.92 Å². The fraction of sp³-hybridized carbons (Fsp3) is 0.421. The number of fused-ring (bicyclic) bond motifs is 1. The molecule has 26 heavy (non-hydrogen) atoms. The largest absolute Gasteiger partial charge is 0.373 e. The molecule has 0 aliphatic carbocycles. The Hall–Kier alpha value is -2.85. The molecule has 134 valence electrons. The van der Waals surface area contributed by atoms with Crippen LogP contribution >= 0.6 is 0 Å². The minimum Gasteiger partial charge on any atom is -0.373 e. The van der Waals surface area contributed by atoms with Crippen LogP contribution in [0.25, 0.3) is 5.65 Å². The van der Waals surface area contributed by atoms with Gasteiger partial charge >= 0.3 is 0 Å². The maximum atomic E-state index is 9.52. The van der Waals surface area contributed by atoms with E-state index < -0.39 is 0 Å². The molecule has 1 aliphatic heterocycles. The van der Waals surface area contributed by atoms with Crippen molar-refractivity contribution in [1.82, 2.24) is 19.2 Å². The van der Waals surface area contributed by atoms with Crippen molar-refractivity contribution in [3.05, 3.63) is 48.0 Å². The first-order valence-electron chi connectivity index (χ1n) is 9.05. The van der Waals surface area contributed by atoms with E-state index in [-0.39, 0.29) is 6.10 Å². The van der Waals surface area contributed by atoms with Crippen molar-refractivity contribution >= 4 is 11.5 Å². The summed E-state index contributed by atoms with van der Waals surface area (Å²) in [5.74, 6) is 0.946. The topological polar surface area (TPSA) is 80.2 Å². The second-order valence-corrected chi connectivity index (χ2v) is 6.55. The number of nitrogens with one attached hydrogen (secondary N) is 1. The van der Waals surface area contributed by atoms with E-state index in [9.17, 15) is 5.26 Å². The molecular weight excluding hydrogens is 328 g/mol. The molecule has 0 saturated carbocycles. The highest BCUT2D eigenvalue weighted by Gasteiger charge is 2.29. The first kappa shape index (κ1) is 16.6. The number of pyridine rings is 1. The van der Waals surface area contributed by atoms with E-state index in [4.69, 9.17) is 4.74 Å². The van der Waals surface area contributed by atoms with Crippen molar-refractivity contribution < 1.29 is 4.74 Å². The second-order valence-electron chi connectivity index (χ2n) is 6.55. The predicted octanol–water partition coefficient (Wildman–Crippen LogP) is 3.00. The number of imidazole rings is 1. The van der Waals surface area contributed by atoms with E-state index >= 15 is 0 Å². The smallest absolute Gasteiger partial charge is 0.168 e. The number of rotatable bonds is 5. The lowest BCUT2D eigenvalue weighted by atomic mass is 9.91. The van der Waals surface area contributed by atoms with E-state index in [1.165, 1.54) is 0 Å². The average Bonchev–Trinajstić information content (AvgIpc) is 3.30. The van der Waals surface area contributed by atoms with Gasteiger partial charge in [0.1, 0.15) is 11.7 Å². The van der Waals surface area contributed by atoms with E-state index in [1.807, 2.05) is 39.7 Å². The Labute approximate surface area is 152 Å². The molecule has 3 aromatic rings. The van der Waals surface area contributed by atoms with Gasteiger partial charge in [0.2, 0.25) is 0 Å². The molecule has 0 aromatic carbocycles. The first-order valence-corrected chi connectivity index (χ1v) is 9.05. The molecule has 1 aliphatic rings. The highest BCUT2D eigenvalue weighted by Crippen LogP contribution is 2.33. The lowest BCUT2D eigenvalue weighted by Gasteiger charge is -2.31. The minimum absolute atomic E-state index is 0.0270. The summed E-state index contributed by atoms with van der Waals surface area (Å²) in [6.07, 6.45) is 7.97. The Morgan fingerprint density at radius 1 is 1.42 bits per heavy atom. The number of nitrogens with zero attached hydrogens (tertiary/aromatic N) is 5. The summed E-state index contributed by atoms with van der Waals surface area (Å²) < 4.78 is 9.79. The number of hydrogen-bond acceptors (Lipinski definition) is 5. The lowest BCUT2D eigenvalue weighted by Crippen LogP contribution is -2.28. The van der Waals surface area contributed by atoms with Gasteiger partial charge in [-0.1, -0.05) is 6.07 Å². The van der Waals surface area contributed by atoms with E-state index in [0.29, 0.717) is 24.0 Å². The number of ether oxygens (including phenoxy) is 1. The Morgan fingerprint density at radius 3 is 3.15 bits per heavy atom. The Bertz CT molecular complexity index is 937. The molecule has 1 saturated heterocycles. The summed E-state index contributed by atoms with van der Waals surface area (Å²) in [7, 11) is 0. The third-order valence-electron chi connectivity index (χ3n) is 4.92. The Kier molecular flexibility index (Phi) is 4.59. The van der Waals surface area contributed by atoms with Gasteiger partial charge in [-0.2, -0.15) is 10.4 Å². The van der Waals surface area contributed by atoms with Crippen LogP contribution in [0.4, 0.5) is 5.82 Å². The molecular formula is C19H22N6O. The summed E-state index contributed by atoms with van der Waals surface area (Å²) in [4.78, 5) is 4.56. The maximum absolute atomic E-state index is 9.52. The normalized spacial score (nSPS) is 20.2. The van der Waals surface area contributed by atoms with Crippen LogP contribution < -0.4 is 5.32 Å². The van der Waals surface area contributed by atoms with Crippen LogP contribution in [-0.4, -0.2) is 32.3 Å². The first-order chi connectivity index (χ1) is 12.8. The van der Waals surface area contributed by atoms with Gasteiger partial charge < -0.3 is 10.1 Å². The van der Waals surface area contributed by atoms with Crippen molar-refractivity contribution in [2.75, 3.05) is 18.5 Å². The van der Waals surface area contributed by atoms with Gasteiger partial charge in [0.25, 0.3) is 0 Å². The van der Waals surface area contributed by atoms with Crippen LogP contribution in [0.3, 0.4) is 0 Å². The summed E-state index contributed by atoms with van der Waals surface area (Å²) in [6, 6.07) is 7.97. The molecule has 1 fully saturated rings. The van der Waals surface area contributed by atoms with Gasteiger partial charge in [0.05, 0.1) is 12.3 Å². The fourth-order valence-electron chi connectivity index (χ4n) is 3.57. The van der Waals surface area contributed by atoms with Gasteiger partial charge in [-0.25, -0.2) is 4.98 Å². The number of nitriles is 1. The van der Waals surface area contributed by atoms with Crippen LogP contribution in [0.2, 0.25) is 0 Å². The molecule has 0 radical (unpaired) electrons. The number of hydrogen-bond donors (Lipinski definition) is 1. The zero-order chi connectivity index (χ0) is 17.9. The van der Waals surface area contributed by atoms with Gasteiger partial charge in [-0.15, -0.1) is 0 Å². The molecule has 7 nitrogen and oxygen atoms in total. The Balaban J connectivity index is 1.53. The van der Waals surface area contributed by atoms with Crippen molar-refractivity contribution in [2.45, 2.75) is 32.4 Å². The zero-order valence-corrected chi connectivity index (χ0v) is 14.8. The monoisotopic (exact) mass is 350 g/mol. The molecule has 7 heteroatoms. The summed E-state index contributed by atoms with van der Waals surface area (Å²) in [6.45, 7) is 4.41. The van der Waals surface area contributed by atoms with Gasteiger partial charge in [-0.05, 0) is 31.9 Å². The molecule has 3 aromatic heterocycles. The average molecular weight is 350 g/mol. The zero-order valence-electron chi connectivity index (χ0n) is 14.8. The van der Waals surface area contributed by atoms with E-state index in [0.717, 1.165) is 37.2 Å². The highest BCUT2D eigenvalue weighted by molar-refractivity contribution is 5.58. The third kappa shape index (κ3) is 3.04. The lowest BCUT2D eigenvalue weighted by molar-refractivity contribution is -0.0239. The molecule has 2 atom stereocenters. The van der Waals surface area contributed by atoms with Crippen molar-refractivity contribution in [1.29, 1.82) is 5.26 Å². The molecule has 0 amide bonds. The molecule has 0 spiro atoms. The number of aromatic nitrogens is 4. The van der Waals surface area contributed by atoms with Gasteiger partial charge in [0, 0.05) is 43.6 Å². The number of aryl methyl sites for hydroxylation is 1. The third-order valence-corrected chi connectivity index (χ3v) is 4.92. The predicted molar refractivity (Wildman–Crippen MR) is 97.7 cm³/mol. The van der Waals surface area contributed by atoms with Crippen LogP contribution in [0.5, 0.6) is 0 Å². The second kappa shape index (κ2) is 7.18. The van der Waals surface area contributed by atoms with Crippen LogP contribution in [0.1, 0.15) is 37.1 Å². The van der Waals surface area contributed by atoms with Crippen LogP contribution in [-0.2, 0) is 11.3 Å². The van der Waals surface area contributed by atoms with Gasteiger partial charge in [0.15, 0.2) is 11.5 Å². The quantitative estimate of drug-likeness (QED) is 0.765. The Morgan fingerprint density at radius 2 is 2.35 bits per heavy atom. The van der Waals surface area contributed by atoms with E-state index in [1.54, 1.807) is 0 Å². The van der Waals surface area contributed by atoms with E-state index in [2.05, 4.69) is 34.6 Å². The minimum atomic E-state index is 0.0270. The van der Waals surface area contributed by atoms with Crippen LogP contribution in [0.15, 0.2) is 36.8 Å². The summed E-state index contributed by atoms with van der Waals surface area (Å²) >= 11 is 0. The standard InChI is InChI=1S/C19H22N6O/c1-2-24-13-15(12-22-24)18-14(6-5-9-26-18)11-21-19-16(10-20)25-8-4-3-7-17(25)23-19/h3-4,7-8,12-14,18,21H,2,5-6,9,11H2,1H3/t14-,18+/m0/s1. The molecule has 1 N–H and O–H groups in total. The fourth-order valence-corrected chi connectivity index (χ4v) is 3.57. The molecule has 0 unspecified atom stereocenters.